The summed E-state index contributed by atoms with van der Waals surface area (Å²) in [7, 11) is 0. The zero-order valence-corrected chi connectivity index (χ0v) is 24.0. The molecule has 0 saturated heterocycles. The van der Waals surface area contributed by atoms with E-state index in [0.717, 1.165) is 16.2 Å². The molecule has 2 heterocycles. The van der Waals surface area contributed by atoms with Crippen molar-refractivity contribution in [3.8, 4) is 17.2 Å². The fraction of sp³-hybridized carbons (Fsp3) is 0.233. The smallest absolute Gasteiger partial charge is 0.335 e. The summed E-state index contributed by atoms with van der Waals surface area (Å²) in [6.45, 7) is 6.75. The van der Waals surface area contributed by atoms with Gasteiger partial charge in [0.2, 0.25) is 0 Å². The van der Waals surface area contributed by atoms with Crippen LogP contribution < -0.4 is 32.8 Å². The first-order valence-corrected chi connectivity index (χ1v) is 13.3. The molecule has 43 heavy (non-hydrogen) atoms. The number of benzene rings is 2. The van der Waals surface area contributed by atoms with E-state index in [2.05, 4.69) is 15.3 Å². The third-order valence-electron chi connectivity index (χ3n) is 6.44. The first kappa shape index (κ1) is 30.7. The Morgan fingerprint density at radius 2 is 1.81 bits per heavy atom. The van der Waals surface area contributed by atoms with Crippen LogP contribution in [-0.4, -0.2) is 43.6 Å². The fourth-order valence-electron chi connectivity index (χ4n) is 4.14. The summed E-state index contributed by atoms with van der Waals surface area (Å²) in [6, 6.07) is 10.9. The molecule has 0 aliphatic rings. The number of nitrogens with zero attached hydrogens (tertiary/aromatic N) is 4. The van der Waals surface area contributed by atoms with Crippen LogP contribution in [0.25, 0.3) is 5.69 Å². The van der Waals surface area contributed by atoms with Gasteiger partial charge in [-0.1, -0.05) is 17.7 Å². The SMILES string of the molecule is Cc1ccc(-n2c(=O)c(C(=O)Nc3ccc(Oc4ccnc(N)c4C(N)=N[C@H](C)CO)c(F)c3)cn(C(C)C)c2=O)cc1. The molecule has 0 unspecified atom stereocenters. The summed E-state index contributed by atoms with van der Waals surface area (Å²) in [5, 5.41) is 11.8. The maximum atomic E-state index is 15.2. The van der Waals surface area contributed by atoms with Gasteiger partial charge in [0.1, 0.15) is 28.5 Å². The second-order valence-electron chi connectivity index (χ2n) is 10.1. The molecule has 6 N–H and O–H groups in total. The number of halogens is 1. The molecule has 12 nitrogen and oxygen atoms in total. The van der Waals surface area contributed by atoms with Gasteiger partial charge in [-0.05, 0) is 52.0 Å². The van der Waals surface area contributed by atoms with Crippen LogP contribution in [-0.2, 0) is 0 Å². The number of anilines is 2. The molecule has 2 aromatic carbocycles. The van der Waals surface area contributed by atoms with Gasteiger partial charge >= 0.3 is 5.69 Å². The number of amidine groups is 1. The number of nitrogen functional groups attached to an aromatic ring is 1. The van der Waals surface area contributed by atoms with Crippen LogP contribution in [0.3, 0.4) is 0 Å². The molecular weight excluding hydrogens is 557 g/mol. The van der Waals surface area contributed by atoms with Crippen LogP contribution in [0.2, 0.25) is 0 Å². The highest BCUT2D eigenvalue weighted by atomic mass is 19.1. The number of aliphatic hydroxyl groups excluding tert-OH is 1. The summed E-state index contributed by atoms with van der Waals surface area (Å²) in [5.74, 6) is -1.88. The molecule has 4 rings (SSSR count). The maximum absolute atomic E-state index is 15.2. The van der Waals surface area contributed by atoms with E-state index in [0.29, 0.717) is 5.69 Å². The van der Waals surface area contributed by atoms with Crippen molar-refractivity contribution in [2.75, 3.05) is 17.7 Å². The third kappa shape index (κ3) is 6.62. The molecule has 4 aromatic rings. The number of hydrogen-bond acceptors (Lipinski definition) is 8. The number of aliphatic imine (C=N–C) groups is 1. The van der Waals surface area contributed by atoms with E-state index in [4.69, 9.17) is 16.2 Å². The maximum Gasteiger partial charge on any atom is 0.335 e. The molecule has 2 aromatic heterocycles. The molecule has 0 saturated carbocycles. The number of carbonyl (C=O) groups is 1. The molecule has 224 valence electrons. The van der Waals surface area contributed by atoms with Gasteiger partial charge in [-0.25, -0.2) is 18.7 Å². The Labute approximate surface area is 246 Å². The van der Waals surface area contributed by atoms with Crippen LogP contribution >= 0.6 is 0 Å². The quantitative estimate of drug-likeness (QED) is 0.170. The Bertz CT molecular complexity index is 1810. The van der Waals surface area contributed by atoms with Gasteiger partial charge in [0.15, 0.2) is 11.6 Å². The van der Waals surface area contributed by atoms with Gasteiger partial charge in [-0.3, -0.25) is 19.1 Å². The Hall–Kier alpha value is -5.30. The number of hydrogen-bond donors (Lipinski definition) is 4. The van der Waals surface area contributed by atoms with E-state index in [9.17, 15) is 19.5 Å². The van der Waals surface area contributed by atoms with Crippen molar-refractivity contribution in [2.24, 2.45) is 10.7 Å². The van der Waals surface area contributed by atoms with E-state index in [1.54, 1.807) is 45.0 Å². The van der Waals surface area contributed by atoms with Crippen LogP contribution in [0, 0.1) is 12.7 Å². The lowest BCUT2D eigenvalue weighted by molar-refractivity contribution is 0.102. The number of carbonyl (C=O) groups excluding carboxylic acids is 1. The summed E-state index contributed by atoms with van der Waals surface area (Å²) < 4.78 is 23.1. The average Bonchev–Trinajstić information content (AvgIpc) is 2.95. The van der Waals surface area contributed by atoms with E-state index in [1.165, 1.54) is 35.2 Å². The zero-order valence-electron chi connectivity index (χ0n) is 24.0. The van der Waals surface area contributed by atoms with Crippen molar-refractivity contribution in [2.45, 2.75) is 39.8 Å². The molecule has 0 spiro atoms. The Balaban J connectivity index is 1.65. The molecular formula is C30H32FN7O5. The number of aryl methyl sites for hydroxylation is 1. The second-order valence-corrected chi connectivity index (χ2v) is 10.1. The van der Waals surface area contributed by atoms with Gasteiger partial charge in [0.25, 0.3) is 11.5 Å². The fourth-order valence-corrected chi connectivity index (χ4v) is 4.14. The van der Waals surface area contributed by atoms with Crippen LogP contribution in [0.15, 0.2) is 75.5 Å². The minimum atomic E-state index is -0.845. The lowest BCUT2D eigenvalue weighted by atomic mass is 10.2. The second kappa shape index (κ2) is 12.7. The van der Waals surface area contributed by atoms with E-state index < -0.39 is 29.0 Å². The van der Waals surface area contributed by atoms with Crippen molar-refractivity contribution >= 4 is 23.2 Å². The van der Waals surface area contributed by atoms with Crippen molar-refractivity contribution < 1.29 is 19.0 Å². The number of nitrogens with two attached hydrogens (primary N) is 2. The lowest BCUT2D eigenvalue weighted by Gasteiger charge is -2.16. The highest BCUT2D eigenvalue weighted by Crippen LogP contribution is 2.31. The Morgan fingerprint density at radius 3 is 2.44 bits per heavy atom. The number of ether oxygens (including phenoxy) is 1. The predicted octanol–water partition coefficient (Wildman–Crippen LogP) is 3.14. The minimum Gasteiger partial charge on any atom is -0.453 e. The van der Waals surface area contributed by atoms with Crippen LogP contribution in [0.5, 0.6) is 11.5 Å². The van der Waals surface area contributed by atoms with Gasteiger partial charge in [0.05, 0.1) is 18.3 Å². The molecule has 13 heteroatoms. The number of rotatable bonds is 9. The molecule has 1 atom stereocenters. The average molecular weight is 590 g/mol. The first-order valence-electron chi connectivity index (χ1n) is 13.3. The Morgan fingerprint density at radius 1 is 1.12 bits per heavy atom. The highest BCUT2D eigenvalue weighted by Gasteiger charge is 2.21. The van der Waals surface area contributed by atoms with Gasteiger partial charge in [-0.2, -0.15) is 0 Å². The van der Waals surface area contributed by atoms with Crippen molar-refractivity contribution in [3.05, 3.63) is 104 Å². The van der Waals surface area contributed by atoms with Gasteiger partial charge in [0, 0.05) is 36.3 Å². The van der Waals surface area contributed by atoms with E-state index in [-0.39, 0.29) is 52.6 Å². The third-order valence-corrected chi connectivity index (χ3v) is 6.44. The molecule has 1 amide bonds. The zero-order chi connectivity index (χ0) is 31.4. The van der Waals surface area contributed by atoms with Crippen LogP contribution in [0.4, 0.5) is 15.9 Å². The van der Waals surface area contributed by atoms with Crippen molar-refractivity contribution in [3.63, 3.8) is 0 Å². The normalized spacial score (nSPS) is 12.3. The van der Waals surface area contributed by atoms with E-state index >= 15 is 4.39 Å². The van der Waals surface area contributed by atoms with Gasteiger partial charge in [-0.15, -0.1) is 0 Å². The Kier molecular flexibility index (Phi) is 9.05. The monoisotopic (exact) mass is 589 g/mol. The summed E-state index contributed by atoms with van der Waals surface area (Å²) >= 11 is 0. The predicted molar refractivity (Wildman–Crippen MR) is 162 cm³/mol. The summed E-state index contributed by atoms with van der Waals surface area (Å²) in [5.41, 5.74) is 11.7. The largest absolute Gasteiger partial charge is 0.453 e. The van der Waals surface area contributed by atoms with Crippen molar-refractivity contribution in [1.29, 1.82) is 0 Å². The van der Waals surface area contributed by atoms with Gasteiger partial charge < -0.3 is 26.6 Å². The number of aliphatic hydroxyl groups is 1. The standard InChI is InChI=1S/C30H32FN7O5/c1-16(2)37-14-21(29(41)38(30(37)42)20-8-5-17(3)6-9-20)28(40)36-19-7-10-23(22(31)13-19)43-24-11-12-34-26(32)25(24)27(33)35-18(4)15-39/h5-14,16,18,39H,15H2,1-4H3,(H2,32,34)(H2,33,35)(H,36,40)/t18-/m1/s1. The number of amides is 1. The summed E-state index contributed by atoms with van der Waals surface area (Å²) in [6.07, 6.45) is 2.55. The minimum absolute atomic E-state index is 0.00721. The number of nitrogens with one attached hydrogen (secondary N) is 1. The van der Waals surface area contributed by atoms with E-state index in [1.807, 2.05) is 6.92 Å². The lowest BCUT2D eigenvalue weighted by Crippen LogP contribution is -2.42. The van der Waals surface area contributed by atoms with Crippen LogP contribution in [0.1, 0.15) is 48.3 Å². The molecule has 0 bridgehead atoms. The molecule has 0 aliphatic carbocycles. The highest BCUT2D eigenvalue weighted by molar-refractivity contribution is 6.04. The summed E-state index contributed by atoms with van der Waals surface area (Å²) in [4.78, 5) is 47.9. The molecule has 0 radical (unpaired) electrons. The number of pyridine rings is 1. The molecule has 0 aliphatic heterocycles. The molecule has 0 fully saturated rings. The van der Waals surface area contributed by atoms with Crippen molar-refractivity contribution in [1.82, 2.24) is 14.1 Å². The number of aromatic nitrogens is 3. The topological polar surface area (TPSA) is 180 Å². The first-order chi connectivity index (χ1) is 20.4.